The SMILES string of the molecule is CC(O)c1cc(C2=C3C(=O)N(c4ccc(Cl)c(Cl)c4)C[C@H](C)N3NC2)ccn1. The number of rotatable bonds is 3. The summed E-state index contributed by atoms with van der Waals surface area (Å²) in [6.45, 7) is 4.78. The molecule has 146 valence electrons. The van der Waals surface area contributed by atoms with E-state index in [2.05, 4.69) is 17.3 Å². The first-order valence-corrected chi connectivity index (χ1v) is 9.79. The van der Waals surface area contributed by atoms with E-state index in [0.717, 1.165) is 11.1 Å². The largest absolute Gasteiger partial charge is 0.387 e. The van der Waals surface area contributed by atoms with Gasteiger partial charge >= 0.3 is 0 Å². The van der Waals surface area contributed by atoms with Crippen molar-refractivity contribution in [2.75, 3.05) is 18.0 Å². The number of hydrogen-bond acceptors (Lipinski definition) is 5. The van der Waals surface area contributed by atoms with Crippen molar-refractivity contribution in [2.24, 2.45) is 0 Å². The minimum absolute atomic E-state index is 0.0673. The molecule has 28 heavy (non-hydrogen) atoms. The van der Waals surface area contributed by atoms with Gasteiger partial charge in [-0.2, -0.15) is 0 Å². The second-order valence-electron chi connectivity index (χ2n) is 7.04. The number of aromatic nitrogens is 1. The number of hydrogen-bond donors (Lipinski definition) is 2. The molecule has 1 unspecified atom stereocenters. The minimum atomic E-state index is -0.676. The summed E-state index contributed by atoms with van der Waals surface area (Å²) in [6.07, 6.45) is 0.978. The van der Waals surface area contributed by atoms with Gasteiger partial charge in [-0.15, -0.1) is 0 Å². The van der Waals surface area contributed by atoms with Crippen LogP contribution in [-0.2, 0) is 4.79 Å². The molecule has 6 nitrogen and oxygen atoms in total. The molecule has 1 saturated heterocycles. The Morgan fingerprint density at radius 1 is 1.25 bits per heavy atom. The van der Waals surface area contributed by atoms with Crippen LogP contribution in [0.3, 0.4) is 0 Å². The van der Waals surface area contributed by atoms with Gasteiger partial charge in [-0.05, 0) is 49.7 Å². The zero-order chi connectivity index (χ0) is 20.0. The van der Waals surface area contributed by atoms with Crippen LogP contribution in [0.4, 0.5) is 5.69 Å². The lowest BCUT2D eigenvalue weighted by molar-refractivity contribution is -0.118. The second-order valence-corrected chi connectivity index (χ2v) is 7.86. The number of fused-ring (bicyclic) bond motifs is 1. The Kier molecular flexibility index (Phi) is 5.05. The lowest BCUT2D eigenvalue weighted by Gasteiger charge is -2.39. The number of nitrogens with zero attached hydrogens (tertiary/aromatic N) is 3. The molecule has 0 radical (unpaired) electrons. The highest BCUT2D eigenvalue weighted by Crippen LogP contribution is 2.35. The van der Waals surface area contributed by atoms with Gasteiger partial charge in [0.25, 0.3) is 5.91 Å². The Bertz CT molecular complexity index is 976. The first-order valence-electron chi connectivity index (χ1n) is 9.04. The highest BCUT2D eigenvalue weighted by Gasteiger charge is 2.40. The van der Waals surface area contributed by atoms with E-state index in [0.29, 0.717) is 40.2 Å². The molecule has 1 aromatic carbocycles. The van der Waals surface area contributed by atoms with E-state index < -0.39 is 6.10 Å². The van der Waals surface area contributed by atoms with Crippen LogP contribution in [0, 0.1) is 0 Å². The molecule has 2 atom stereocenters. The zero-order valence-electron chi connectivity index (χ0n) is 15.5. The summed E-state index contributed by atoms with van der Waals surface area (Å²) >= 11 is 12.2. The van der Waals surface area contributed by atoms with Crippen molar-refractivity contribution in [3.8, 4) is 0 Å². The molecular formula is C20H20Cl2N4O2. The molecule has 4 rings (SSSR count). The molecule has 3 heterocycles. The number of benzene rings is 1. The maximum Gasteiger partial charge on any atom is 0.276 e. The molecule has 1 fully saturated rings. The number of amides is 1. The quantitative estimate of drug-likeness (QED) is 0.798. The topological polar surface area (TPSA) is 68.7 Å². The summed E-state index contributed by atoms with van der Waals surface area (Å²) in [4.78, 5) is 19.3. The van der Waals surface area contributed by atoms with Gasteiger partial charge < -0.3 is 10.0 Å². The van der Waals surface area contributed by atoms with Crippen molar-refractivity contribution < 1.29 is 9.90 Å². The average Bonchev–Trinajstić information content (AvgIpc) is 3.13. The van der Waals surface area contributed by atoms with E-state index in [1.807, 2.05) is 17.1 Å². The Morgan fingerprint density at radius 2 is 2.04 bits per heavy atom. The van der Waals surface area contributed by atoms with E-state index in [-0.39, 0.29) is 11.9 Å². The summed E-state index contributed by atoms with van der Waals surface area (Å²) in [5.41, 5.74) is 6.95. The number of piperazine rings is 1. The number of pyridine rings is 1. The fourth-order valence-electron chi connectivity index (χ4n) is 3.62. The molecule has 0 aliphatic carbocycles. The van der Waals surface area contributed by atoms with Crippen LogP contribution in [0.25, 0.3) is 5.57 Å². The van der Waals surface area contributed by atoms with Crippen LogP contribution in [-0.4, -0.2) is 40.1 Å². The summed E-state index contributed by atoms with van der Waals surface area (Å²) in [5, 5.41) is 12.6. The Labute approximate surface area is 173 Å². The van der Waals surface area contributed by atoms with Crippen molar-refractivity contribution in [3.05, 3.63) is 63.5 Å². The van der Waals surface area contributed by atoms with Gasteiger partial charge in [-0.25, -0.2) is 5.43 Å². The highest BCUT2D eigenvalue weighted by molar-refractivity contribution is 6.42. The van der Waals surface area contributed by atoms with Gasteiger partial charge in [0.2, 0.25) is 0 Å². The van der Waals surface area contributed by atoms with E-state index >= 15 is 0 Å². The summed E-state index contributed by atoms with van der Waals surface area (Å²) in [7, 11) is 0. The Balaban J connectivity index is 1.78. The predicted molar refractivity (Wildman–Crippen MR) is 110 cm³/mol. The van der Waals surface area contributed by atoms with Crippen LogP contribution in [0.1, 0.15) is 31.2 Å². The third-order valence-corrected chi connectivity index (χ3v) is 5.80. The fraction of sp³-hybridized carbons (Fsp3) is 0.300. The minimum Gasteiger partial charge on any atom is -0.387 e. The lowest BCUT2D eigenvalue weighted by atomic mass is 10.0. The highest BCUT2D eigenvalue weighted by atomic mass is 35.5. The monoisotopic (exact) mass is 418 g/mol. The molecule has 8 heteroatoms. The van der Waals surface area contributed by atoms with Gasteiger partial charge in [0, 0.05) is 30.5 Å². The number of anilines is 1. The molecule has 2 aromatic rings. The number of aliphatic hydroxyl groups is 1. The number of halogens is 2. The smallest absolute Gasteiger partial charge is 0.276 e. The van der Waals surface area contributed by atoms with Gasteiger partial charge in [0.15, 0.2) is 0 Å². The molecule has 2 aliphatic rings. The van der Waals surface area contributed by atoms with Crippen LogP contribution in [0.5, 0.6) is 0 Å². The van der Waals surface area contributed by atoms with Crippen molar-refractivity contribution in [1.82, 2.24) is 15.4 Å². The standard InChI is InChI=1S/C20H20Cl2N4O2/c1-11-10-25(14-3-4-16(21)17(22)8-14)20(28)19-15(9-24-26(11)19)13-5-6-23-18(7-13)12(2)27/h3-8,11-12,24,27H,9-10H2,1-2H3/t11-,12?/m0/s1. The molecule has 1 amide bonds. The fourth-order valence-corrected chi connectivity index (χ4v) is 3.91. The normalized spacial score (nSPS) is 20.6. The van der Waals surface area contributed by atoms with E-state index in [1.54, 1.807) is 36.2 Å². The third kappa shape index (κ3) is 3.26. The summed E-state index contributed by atoms with van der Waals surface area (Å²) < 4.78 is 0. The molecule has 0 saturated carbocycles. The summed E-state index contributed by atoms with van der Waals surface area (Å²) in [6, 6.07) is 8.96. The van der Waals surface area contributed by atoms with E-state index in [9.17, 15) is 9.90 Å². The first kappa shape index (κ1) is 19.2. The Hall–Kier alpha value is -2.12. The van der Waals surface area contributed by atoms with Crippen molar-refractivity contribution in [2.45, 2.75) is 26.0 Å². The third-order valence-electron chi connectivity index (χ3n) is 5.06. The second kappa shape index (κ2) is 7.37. The number of nitrogens with one attached hydrogen (secondary N) is 1. The number of hydrazine groups is 1. The zero-order valence-corrected chi connectivity index (χ0v) is 17.0. The maximum absolute atomic E-state index is 13.4. The Morgan fingerprint density at radius 3 is 2.75 bits per heavy atom. The first-order chi connectivity index (χ1) is 13.4. The molecular weight excluding hydrogens is 399 g/mol. The van der Waals surface area contributed by atoms with Crippen LogP contribution in [0.2, 0.25) is 10.0 Å². The van der Waals surface area contributed by atoms with Crippen molar-refractivity contribution >= 4 is 40.4 Å². The van der Waals surface area contributed by atoms with E-state index in [4.69, 9.17) is 23.2 Å². The molecule has 0 spiro atoms. The van der Waals surface area contributed by atoms with Crippen molar-refractivity contribution in [1.29, 1.82) is 0 Å². The predicted octanol–water partition coefficient (Wildman–Crippen LogP) is 3.41. The average molecular weight is 419 g/mol. The molecule has 1 aromatic heterocycles. The van der Waals surface area contributed by atoms with Crippen LogP contribution in [0.15, 0.2) is 42.2 Å². The van der Waals surface area contributed by atoms with Gasteiger partial charge in [-0.1, -0.05) is 23.2 Å². The number of carbonyl (C=O) groups is 1. The van der Waals surface area contributed by atoms with Crippen LogP contribution < -0.4 is 10.3 Å². The summed E-state index contributed by atoms with van der Waals surface area (Å²) in [5.74, 6) is -0.105. The van der Waals surface area contributed by atoms with Crippen LogP contribution >= 0.6 is 23.2 Å². The lowest BCUT2D eigenvalue weighted by Crippen LogP contribution is -2.55. The number of carbonyl (C=O) groups excluding carboxylic acids is 1. The van der Waals surface area contributed by atoms with Crippen molar-refractivity contribution in [3.63, 3.8) is 0 Å². The van der Waals surface area contributed by atoms with Gasteiger partial charge in [-0.3, -0.25) is 14.8 Å². The van der Waals surface area contributed by atoms with Gasteiger partial charge in [0.05, 0.1) is 27.9 Å². The number of aliphatic hydroxyl groups excluding tert-OH is 1. The molecule has 2 N–H and O–H groups in total. The molecule has 2 aliphatic heterocycles. The van der Waals surface area contributed by atoms with E-state index in [1.165, 1.54) is 0 Å². The van der Waals surface area contributed by atoms with Gasteiger partial charge in [0.1, 0.15) is 5.70 Å². The maximum atomic E-state index is 13.4. The molecule has 0 bridgehead atoms.